The van der Waals surface area contributed by atoms with Crippen molar-refractivity contribution in [1.29, 1.82) is 0 Å². The number of rotatable bonds is 3. The fourth-order valence-electron chi connectivity index (χ4n) is 2.09. The molecule has 0 aliphatic carbocycles. The van der Waals surface area contributed by atoms with E-state index in [0.29, 0.717) is 5.56 Å². The third-order valence-corrected chi connectivity index (χ3v) is 3.46. The van der Waals surface area contributed by atoms with E-state index in [2.05, 4.69) is 45.3 Å². The number of aromatic nitrogens is 3. The molecule has 0 aliphatic rings. The Hall–Kier alpha value is -1.69. The quantitative estimate of drug-likeness (QED) is 0.903. The maximum absolute atomic E-state index is 12.4. The van der Waals surface area contributed by atoms with E-state index >= 15 is 0 Å². The van der Waals surface area contributed by atoms with Gasteiger partial charge in [-0.25, -0.2) is 0 Å². The molecular weight excluding hydrogens is 344 g/mol. The molecule has 0 saturated carbocycles. The molecule has 0 unspecified atom stereocenters. The standard InChI is InChI=1S/C16H21BrN4O/c1-10(2)14-20-18-9-21(14)13-7-11(6-12(17)8-13)15(22)19-16(3,4)5/h6-10H,1-5H3,(H,19,22). The first kappa shape index (κ1) is 16.7. The summed E-state index contributed by atoms with van der Waals surface area (Å²) in [4.78, 5) is 12.4. The van der Waals surface area contributed by atoms with Gasteiger partial charge in [-0.2, -0.15) is 0 Å². The molecule has 0 aliphatic heterocycles. The minimum atomic E-state index is -0.279. The zero-order chi connectivity index (χ0) is 16.5. The minimum Gasteiger partial charge on any atom is -0.347 e. The summed E-state index contributed by atoms with van der Waals surface area (Å²) in [6.07, 6.45) is 1.67. The molecule has 1 heterocycles. The second-order valence-electron chi connectivity index (χ2n) is 6.62. The van der Waals surface area contributed by atoms with Crippen molar-refractivity contribution in [2.24, 2.45) is 0 Å². The van der Waals surface area contributed by atoms with Crippen molar-refractivity contribution < 1.29 is 4.79 Å². The highest BCUT2D eigenvalue weighted by atomic mass is 79.9. The third-order valence-electron chi connectivity index (χ3n) is 3.00. The van der Waals surface area contributed by atoms with Gasteiger partial charge in [0, 0.05) is 21.5 Å². The van der Waals surface area contributed by atoms with Crippen LogP contribution in [0.3, 0.4) is 0 Å². The van der Waals surface area contributed by atoms with Crippen LogP contribution in [0.4, 0.5) is 0 Å². The van der Waals surface area contributed by atoms with Gasteiger partial charge < -0.3 is 5.32 Å². The molecule has 2 aromatic rings. The number of carbonyl (C=O) groups is 1. The largest absolute Gasteiger partial charge is 0.347 e. The van der Waals surface area contributed by atoms with E-state index < -0.39 is 0 Å². The fourth-order valence-corrected chi connectivity index (χ4v) is 2.57. The summed E-state index contributed by atoms with van der Waals surface area (Å²) in [6, 6.07) is 5.61. The molecule has 6 heteroatoms. The number of carbonyl (C=O) groups excluding carboxylic acids is 1. The average molecular weight is 365 g/mol. The molecule has 1 aromatic heterocycles. The van der Waals surface area contributed by atoms with Gasteiger partial charge >= 0.3 is 0 Å². The minimum absolute atomic E-state index is 0.103. The van der Waals surface area contributed by atoms with Crippen molar-refractivity contribution >= 4 is 21.8 Å². The van der Waals surface area contributed by atoms with E-state index in [1.165, 1.54) is 0 Å². The summed E-state index contributed by atoms with van der Waals surface area (Å²) in [5.74, 6) is 1.00. The highest BCUT2D eigenvalue weighted by Crippen LogP contribution is 2.22. The molecule has 1 aromatic carbocycles. The molecule has 1 N–H and O–H groups in total. The van der Waals surface area contributed by atoms with Gasteiger partial charge in [0.25, 0.3) is 5.91 Å². The summed E-state index contributed by atoms with van der Waals surface area (Å²) >= 11 is 3.47. The van der Waals surface area contributed by atoms with E-state index in [9.17, 15) is 4.79 Å². The molecule has 1 amide bonds. The second kappa shape index (κ2) is 6.20. The lowest BCUT2D eigenvalue weighted by Gasteiger charge is -2.21. The molecule has 0 spiro atoms. The van der Waals surface area contributed by atoms with Crippen LogP contribution in [0, 0.1) is 0 Å². The Balaban J connectivity index is 2.43. The van der Waals surface area contributed by atoms with Gasteiger partial charge in [0.2, 0.25) is 0 Å². The maximum atomic E-state index is 12.4. The number of hydrogen-bond acceptors (Lipinski definition) is 3. The number of benzene rings is 1. The Kier molecular flexibility index (Phi) is 4.70. The van der Waals surface area contributed by atoms with E-state index in [1.807, 2.05) is 43.5 Å². The van der Waals surface area contributed by atoms with Crippen LogP contribution in [0.15, 0.2) is 29.0 Å². The summed E-state index contributed by atoms with van der Waals surface area (Å²) in [6.45, 7) is 10.00. The number of halogens is 1. The van der Waals surface area contributed by atoms with E-state index in [1.54, 1.807) is 6.33 Å². The third kappa shape index (κ3) is 3.94. The molecule has 0 atom stereocenters. The molecule has 0 radical (unpaired) electrons. The average Bonchev–Trinajstić information content (AvgIpc) is 2.85. The first-order valence-corrected chi connectivity index (χ1v) is 8.00. The van der Waals surface area contributed by atoms with Crippen molar-refractivity contribution in [3.63, 3.8) is 0 Å². The zero-order valence-corrected chi connectivity index (χ0v) is 15.1. The Labute approximate surface area is 139 Å². The van der Waals surface area contributed by atoms with Crippen LogP contribution in [-0.4, -0.2) is 26.2 Å². The number of amides is 1. The van der Waals surface area contributed by atoms with Crippen LogP contribution in [-0.2, 0) is 0 Å². The lowest BCUT2D eigenvalue weighted by molar-refractivity contribution is 0.0919. The van der Waals surface area contributed by atoms with Crippen LogP contribution in [0.5, 0.6) is 0 Å². The maximum Gasteiger partial charge on any atom is 0.251 e. The van der Waals surface area contributed by atoms with Crippen LogP contribution in [0.1, 0.15) is 56.7 Å². The predicted molar refractivity (Wildman–Crippen MR) is 90.4 cm³/mol. The van der Waals surface area contributed by atoms with Gasteiger partial charge in [-0.15, -0.1) is 10.2 Å². The van der Waals surface area contributed by atoms with Crippen molar-refractivity contribution in [2.75, 3.05) is 0 Å². The zero-order valence-electron chi connectivity index (χ0n) is 13.5. The van der Waals surface area contributed by atoms with Crippen molar-refractivity contribution in [3.8, 4) is 5.69 Å². The first-order chi connectivity index (χ1) is 10.2. The number of nitrogens with one attached hydrogen (secondary N) is 1. The summed E-state index contributed by atoms with van der Waals surface area (Å²) in [5.41, 5.74) is 1.18. The van der Waals surface area contributed by atoms with Crippen molar-refractivity contribution in [2.45, 2.75) is 46.1 Å². The molecule has 2 rings (SSSR count). The van der Waals surface area contributed by atoms with Crippen LogP contribution >= 0.6 is 15.9 Å². The SMILES string of the molecule is CC(C)c1nncn1-c1cc(Br)cc(C(=O)NC(C)(C)C)c1. The highest BCUT2D eigenvalue weighted by molar-refractivity contribution is 9.10. The number of hydrogen-bond donors (Lipinski definition) is 1. The van der Waals surface area contributed by atoms with Gasteiger partial charge in [0.1, 0.15) is 12.2 Å². The lowest BCUT2D eigenvalue weighted by Crippen LogP contribution is -2.40. The van der Waals surface area contributed by atoms with E-state index in [-0.39, 0.29) is 17.4 Å². The molecular formula is C16H21BrN4O. The van der Waals surface area contributed by atoms with Crippen LogP contribution in [0.2, 0.25) is 0 Å². The second-order valence-corrected chi connectivity index (χ2v) is 7.53. The van der Waals surface area contributed by atoms with Crippen LogP contribution in [0.25, 0.3) is 5.69 Å². The summed E-state index contributed by atoms with van der Waals surface area (Å²) in [5, 5.41) is 11.1. The van der Waals surface area contributed by atoms with Gasteiger partial charge in [-0.05, 0) is 39.0 Å². The van der Waals surface area contributed by atoms with Crippen molar-refractivity contribution in [1.82, 2.24) is 20.1 Å². The van der Waals surface area contributed by atoms with Crippen LogP contribution < -0.4 is 5.32 Å². The Morgan fingerprint density at radius 2 is 1.95 bits per heavy atom. The van der Waals surface area contributed by atoms with Gasteiger partial charge in [0.05, 0.1) is 5.69 Å². The molecule has 22 heavy (non-hydrogen) atoms. The van der Waals surface area contributed by atoms with Crippen molar-refractivity contribution in [3.05, 3.63) is 40.4 Å². The molecule has 118 valence electrons. The number of nitrogens with zero attached hydrogens (tertiary/aromatic N) is 3. The Morgan fingerprint density at radius 3 is 2.55 bits per heavy atom. The summed E-state index contributed by atoms with van der Waals surface area (Å²) in [7, 11) is 0. The highest BCUT2D eigenvalue weighted by Gasteiger charge is 2.17. The molecule has 0 bridgehead atoms. The van der Waals surface area contributed by atoms with E-state index in [4.69, 9.17) is 0 Å². The van der Waals surface area contributed by atoms with Gasteiger partial charge in [-0.1, -0.05) is 29.8 Å². The molecule has 0 fully saturated rings. The Morgan fingerprint density at radius 1 is 1.27 bits per heavy atom. The molecule has 0 saturated heterocycles. The topological polar surface area (TPSA) is 59.8 Å². The predicted octanol–water partition coefficient (Wildman–Crippen LogP) is 3.68. The normalized spacial score (nSPS) is 11.8. The monoisotopic (exact) mass is 364 g/mol. The Bertz CT molecular complexity index is 686. The smallest absolute Gasteiger partial charge is 0.251 e. The first-order valence-electron chi connectivity index (χ1n) is 7.21. The fraction of sp³-hybridized carbons (Fsp3) is 0.438. The van der Waals surface area contributed by atoms with E-state index in [0.717, 1.165) is 16.0 Å². The lowest BCUT2D eigenvalue weighted by atomic mass is 10.1. The summed E-state index contributed by atoms with van der Waals surface area (Å²) < 4.78 is 2.75. The van der Waals surface area contributed by atoms with Gasteiger partial charge in [0.15, 0.2) is 0 Å². The van der Waals surface area contributed by atoms with Gasteiger partial charge in [-0.3, -0.25) is 9.36 Å². The molecule has 5 nitrogen and oxygen atoms in total.